The highest BCUT2D eigenvalue weighted by molar-refractivity contribution is 5.94. The van der Waals surface area contributed by atoms with Gasteiger partial charge in [0.2, 0.25) is 0 Å². The minimum atomic E-state index is -4.99. The normalized spacial score (nSPS) is 11.6. The average Bonchev–Trinajstić information content (AvgIpc) is 2.70. The first-order valence-electron chi connectivity index (χ1n) is 5.33. The number of pyridine rings is 1. The minimum absolute atomic E-state index is 0.107. The van der Waals surface area contributed by atoms with E-state index in [9.17, 15) is 22.8 Å². The molecule has 0 aromatic carbocycles. The number of nitrogens with zero attached hydrogens (tertiary/aromatic N) is 2. The third kappa shape index (κ3) is 2.87. The molecule has 0 radical (unpaired) electrons. The summed E-state index contributed by atoms with van der Waals surface area (Å²) in [5.74, 6) is -3.07. The Kier molecular flexibility index (Phi) is 3.35. The van der Waals surface area contributed by atoms with Crippen LogP contribution < -0.4 is 5.32 Å². The van der Waals surface area contributed by atoms with Gasteiger partial charge in [0, 0.05) is 6.20 Å². The fraction of sp³-hybridized carbons (Fsp3) is 0.182. The topological polar surface area (TPSA) is 83.7 Å². The first-order valence-corrected chi connectivity index (χ1v) is 5.33. The maximum Gasteiger partial charge on any atom is 0.471 e. The molecule has 0 saturated carbocycles. The highest BCUT2D eigenvalue weighted by atomic mass is 19.4. The second-order valence-corrected chi connectivity index (χ2v) is 3.91. The van der Waals surface area contributed by atoms with E-state index >= 15 is 0 Å². The molecule has 0 spiro atoms. The molecule has 9 heteroatoms. The van der Waals surface area contributed by atoms with Crippen LogP contribution in [0.3, 0.4) is 0 Å². The second-order valence-electron chi connectivity index (χ2n) is 3.91. The van der Waals surface area contributed by atoms with E-state index in [0.29, 0.717) is 5.52 Å². The molecular weight excluding hydrogens is 279 g/mol. The van der Waals surface area contributed by atoms with Gasteiger partial charge < -0.3 is 14.8 Å². The summed E-state index contributed by atoms with van der Waals surface area (Å²) in [6, 6.07) is 2.69. The van der Waals surface area contributed by atoms with Gasteiger partial charge in [0.25, 0.3) is 0 Å². The number of hydrogen-bond acceptors (Lipinski definition) is 3. The number of halogens is 3. The lowest BCUT2D eigenvalue weighted by Gasteiger charge is -2.08. The average molecular weight is 287 g/mol. The number of alkyl halides is 3. The summed E-state index contributed by atoms with van der Waals surface area (Å²) in [6.45, 7) is 0. The SMILES string of the molecule is O=C(O)Cc1ncc2ccc(NC(=O)C(F)(F)F)cn12. The van der Waals surface area contributed by atoms with Gasteiger partial charge in [-0.15, -0.1) is 0 Å². The largest absolute Gasteiger partial charge is 0.481 e. The molecule has 0 aliphatic heterocycles. The maximum absolute atomic E-state index is 12.1. The van der Waals surface area contributed by atoms with E-state index in [1.165, 1.54) is 28.9 Å². The molecule has 0 bridgehead atoms. The highest BCUT2D eigenvalue weighted by Crippen LogP contribution is 2.19. The number of rotatable bonds is 3. The van der Waals surface area contributed by atoms with Crippen molar-refractivity contribution in [2.24, 2.45) is 0 Å². The van der Waals surface area contributed by atoms with Gasteiger partial charge in [-0.1, -0.05) is 0 Å². The van der Waals surface area contributed by atoms with Crippen LogP contribution in [-0.4, -0.2) is 32.5 Å². The fourth-order valence-electron chi connectivity index (χ4n) is 1.59. The summed E-state index contributed by atoms with van der Waals surface area (Å²) in [4.78, 5) is 25.3. The zero-order valence-corrected chi connectivity index (χ0v) is 9.81. The van der Waals surface area contributed by atoms with Crippen molar-refractivity contribution in [2.45, 2.75) is 12.6 Å². The van der Waals surface area contributed by atoms with Crippen LogP contribution in [0.25, 0.3) is 5.52 Å². The standard InChI is InChI=1S/C11H8F3N3O3/c12-11(13,14)10(20)16-6-1-2-7-4-15-8(3-9(18)19)17(7)5-6/h1-2,4-5H,3H2,(H,16,20)(H,18,19). The number of aromatic nitrogens is 2. The second kappa shape index (κ2) is 4.83. The third-order valence-electron chi connectivity index (χ3n) is 2.43. The van der Waals surface area contributed by atoms with Crippen molar-refractivity contribution < 1.29 is 27.9 Å². The van der Waals surface area contributed by atoms with Gasteiger partial charge >= 0.3 is 18.1 Å². The summed E-state index contributed by atoms with van der Waals surface area (Å²) < 4.78 is 37.7. The Balaban J connectivity index is 2.32. The zero-order valence-electron chi connectivity index (χ0n) is 9.81. The zero-order chi connectivity index (χ0) is 14.9. The van der Waals surface area contributed by atoms with Gasteiger partial charge in [0.15, 0.2) is 0 Å². The molecular formula is C11H8F3N3O3. The Morgan fingerprint density at radius 3 is 2.65 bits per heavy atom. The molecule has 2 aromatic rings. The maximum atomic E-state index is 12.1. The van der Waals surface area contributed by atoms with Crippen LogP contribution in [0, 0.1) is 0 Å². The van der Waals surface area contributed by atoms with Crippen molar-refractivity contribution in [3.8, 4) is 0 Å². The molecule has 2 rings (SSSR count). The summed E-state index contributed by atoms with van der Waals surface area (Å²) in [5.41, 5.74) is 0.399. The number of carboxylic acids is 1. The van der Waals surface area contributed by atoms with Crippen molar-refractivity contribution in [1.29, 1.82) is 0 Å². The predicted molar refractivity (Wildman–Crippen MR) is 61.2 cm³/mol. The van der Waals surface area contributed by atoms with E-state index in [4.69, 9.17) is 5.11 Å². The molecule has 0 saturated heterocycles. The Morgan fingerprint density at radius 2 is 2.05 bits per heavy atom. The summed E-state index contributed by atoms with van der Waals surface area (Å²) >= 11 is 0. The molecule has 0 atom stereocenters. The Bertz CT molecular complexity index is 678. The van der Waals surface area contributed by atoms with E-state index in [1.54, 1.807) is 5.32 Å². The lowest BCUT2D eigenvalue weighted by atomic mass is 10.3. The molecule has 2 heterocycles. The van der Waals surface area contributed by atoms with E-state index < -0.39 is 18.1 Å². The number of anilines is 1. The molecule has 2 aromatic heterocycles. The lowest BCUT2D eigenvalue weighted by molar-refractivity contribution is -0.167. The van der Waals surface area contributed by atoms with E-state index in [1.807, 2.05) is 0 Å². The van der Waals surface area contributed by atoms with Crippen LogP contribution in [0.5, 0.6) is 0 Å². The summed E-state index contributed by atoms with van der Waals surface area (Å²) in [5, 5.41) is 10.4. The number of amides is 1. The van der Waals surface area contributed by atoms with Crippen molar-refractivity contribution in [1.82, 2.24) is 9.38 Å². The van der Waals surface area contributed by atoms with Gasteiger partial charge in [-0.05, 0) is 12.1 Å². The van der Waals surface area contributed by atoms with Crippen molar-refractivity contribution in [2.75, 3.05) is 5.32 Å². The van der Waals surface area contributed by atoms with E-state index in [2.05, 4.69) is 4.98 Å². The Hall–Kier alpha value is -2.58. The first-order chi connectivity index (χ1) is 9.27. The molecule has 106 valence electrons. The van der Waals surface area contributed by atoms with Gasteiger partial charge in [-0.3, -0.25) is 9.59 Å². The number of imidazole rings is 1. The van der Waals surface area contributed by atoms with Gasteiger partial charge in [0.1, 0.15) is 12.2 Å². The van der Waals surface area contributed by atoms with Crippen LogP contribution in [0.1, 0.15) is 5.82 Å². The number of carboxylic acid groups (broad SMARTS) is 1. The van der Waals surface area contributed by atoms with Crippen molar-refractivity contribution in [3.63, 3.8) is 0 Å². The molecule has 6 nitrogen and oxygen atoms in total. The summed E-state index contributed by atoms with van der Waals surface area (Å²) in [7, 11) is 0. The number of carbonyl (C=O) groups excluding carboxylic acids is 1. The van der Waals surface area contributed by atoms with Crippen LogP contribution >= 0.6 is 0 Å². The highest BCUT2D eigenvalue weighted by Gasteiger charge is 2.38. The number of nitrogens with one attached hydrogen (secondary N) is 1. The van der Waals surface area contributed by atoms with Crippen LogP contribution in [-0.2, 0) is 16.0 Å². The smallest absolute Gasteiger partial charge is 0.471 e. The molecule has 0 aliphatic carbocycles. The van der Waals surface area contributed by atoms with Gasteiger partial charge in [-0.25, -0.2) is 4.98 Å². The minimum Gasteiger partial charge on any atom is -0.481 e. The van der Waals surface area contributed by atoms with Gasteiger partial charge in [-0.2, -0.15) is 13.2 Å². The summed E-state index contributed by atoms with van der Waals surface area (Å²) in [6.07, 6.45) is -2.81. The number of hydrogen-bond donors (Lipinski definition) is 2. The predicted octanol–water partition coefficient (Wildman–Crippen LogP) is 1.46. The van der Waals surface area contributed by atoms with Crippen molar-refractivity contribution >= 4 is 23.1 Å². The number of carbonyl (C=O) groups is 2. The van der Waals surface area contributed by atoms with Crippen LogP contribution in [0.4, 0.5) is 18.9 Å². The van der Waals surface area contributed by atoms with Crippen molar-refractivity contribution in [3.05, 3.63) is 30.4 Å². The number of fused-ring (bicyclic) bond motifs is 1. The molecule has 20 heavy (non-hydrogen) atoms. The molecule has 1 amide bonds. The van der Waals surface area contributed by atoms with E-state index in [-0.39, 0.29) is 17.9 Å². The van der Waals surface area contributed by atoms with Crippen LogP contribution in [0.2, 0.25) is 0 Å². The number of aliphatic carboxylic acids is 1. The first kappa shape index (κ1) is 13.8. The molecule has 2 N–H and O–H groups in total. The monoisotopic (exact) mass is 287 g/mol. The fourth-order valence-corrected chi connectivity index (χ4v) is 1.59. The van der Waals surface area contributed by atoms with Crippen LogP contribution in [0.15, 0.2) is 24.5 Å². The molecule has 0 fully saturated rings. The quantitative estimate of drug-likeness (QED) is 0.895. The molecule has 0 aliphatic rings. The third-order valence-corrected chi connectivity index (χ3v) is 2.43. The Labute approximate surface area is 109 Å². The molecule has 0 unspecified atom stereocenters. The lowest BCUT2D eigenvalue weighted by Crippen LogP contribution is -2.30. The Morgan fingerprint density at radius 1 is 1.35 bits per heavy atom. The van der Waals surface area contributed by atoms with E-state index in [0.717, 1.165) is 0 Å². The van der Waals surface area contributed by atoms with Gasteiger partial charge in [0.05, 0.1) is 17.4 Å².